The average molecular weight is 284 g/mol. The number of ketones is 1. The minimum Gasteiger partial charge on any atom is -0.358 e. The van der Waals surface area contributed by atoms with E-state index in [9.17, 15) is 4.79 Å². The molecule has 3 rings (SSSR count). The molecule has 0 bridgehead atoms. The number of para-hydroxylation sites is 1. The predicted octanol–water partition coefficient (Wildman–Crippen LogP) is 3.64. The van der Waals surface area contributed by atoms with Gasteiger partial charge in [-0.05, 0) is 31.2 Å². The van der Waals surface area contributed by atoms with E-state index in [1.807, 2.05) is 31.2 Å². The van der Waals surface area contributed by atoms with Crippen molar-refractivity contribution in [3.63, 3.8) is 0 Å². The van der Waals surface area contributed by atoms with Gasteiger partial charge in [-0.15, -0.1) is 0 Å². The molecule has 1 aliphatic rings. The summed E-state index contributed by atoms with van der Waals surface area (Å²) in [5.74, 6) is 1.61. The van der Waals surface area contributed by atoms with Crippen LogP contribution in [0.25, 0.3) is 10.9 Å². The summed E-state index contributed by atoms with van der Waals surface area (Å²) in [5, 5.41) is 1.05. The summed E-state index contributed by atoms with van der Waals surface area (Å²) in [6.45, 7) is 9.18. The SMILES string of the molecule is Cc1[nH]c2ccccc2c1C(=O)CN1C[C@H](C)C[C@H](C)C1. The molecule has 0 saturated carbocycles. The molecular formula is C18H24N2O. The molecule has 0 spiro atoms. The van der Waals surface area contributed by atoms with Gasteiger partial charge in [0.1, 0.15) is 0 Å². The molecule has 0 aliphatic carbocycles. The molecule has 1 fully saturated rings. The lowest BCUT2D eigenvalue weighted by Gasteiger charge is -2.34. The van der Waals surface area contributed by atoms with Gasteiger partial charge in [0.15, 0.2) is 5.78 Å². The fourth-order valence-corrected chi connectivity index (χ4v) is 3.84. The molecule has 1 saturated heterocycles. The van der Waals surface area contributed by atoms with Crippen LogP contribution in [0.1, 0.15) is 36.3 Å². The number of hydrogen-bond donors (Lipinski definition) is 1. The smallest absolute Gasteiger partial charge is 0.179 e. The van der Waals surface area contributed by atoms with Crippen molar-refractivity contribution in [3.8, 4) is 0 Å². The van der Waals surface area contributed by atoms with Gasteiger partial charge in [0.25, 0.3) is 0 Å². The molecule has 1 aromatic heterocycles. The fourth-order valence-electron chi connectivity index (χ4n) is 3.84. The van der Waals surface area contributed by atoms with Gasteiger partial charge < -0.3 is 4.98 Å². The number of H-pyrrole nitrogens is 1. The molecule has 3 heteroatoms. The number of Topliss-reactive ketones (excluding diaryl/α,β-unsaturated/α-hetero) is 1. The van der Waals surface area contributed by atoms with Crippen molar-refractivity contribution in [2.75, 3.05) is 19.6 Å². The number of aromatic nitrogens is 1. The number of likely N-dealkylation sites (tertiary alicyclic amines) is 1. The van der Waals surface area contributed by atoms with Crippen LogP contribution < -0.4 is 0 Å². The zero-order valence-corrected chi connectivity index (χ0v) is 13.1. The maximum absolute atomic E-state index is 12.8. The second-order valence-corrected chi connectivity index (χ2v) is 6.73. The number of carbonyl (C=O) groups is 1. The van der Waals surface area contributed by atoms with E-state index in [0.29, 0.717) is 18.4 Å². The normalized spacial score (nSPS) is 23.6. The number of aryl methyl sites for hydroxylation is 1. The minimum absolute atomic E-state index is 0.242. The van der Waals surface area contributed by atoms with Crippen molar-refractivity contribution in [1.82, 2.24) is 9.88 Å². The predicted molar refractivity (Wildman–Crippen MR) is 86.8 cm³/mol. The highest BCUT2D eigenvalue weighted by Crippen LogP contribution is 2.25. The molecule has 0 radical (unpaired) electrons. The zero-order valence-electron chi connectivity index (χ0n) is 13.1. The summed E-state index contributed by atoms with van der Waals surface area (Å²) in [4.78, 5) is 18.4. The Balaban J connectivity index is 1.82. The number of nitrogens with one attached hydrogen (secondary N) is 1. The third-order valence-electron chi connectivity index (χ3n) is 4.48. The summed E-state index contributed by atoms with van der Waals surface area (Å²) >= 11 is 0. The highest BCUT2D eigenvalue weighted by molar-refractivity contribution is 6.10. The second-order valence-electron chi connectivity index (χ2n) is 6.73. The van der Waals surface area contributed by atoms with Gasteiger partial charge in [-0.2, -0.15) is 0 Å². The van der Waals surface area contributed by atoms with Crippen LogP contribution >= 0.6 is 0 Å². The number of aromatic amines is 1. The van der Waals surface area contributed by atoms with Crippen molar-refractivity contribution < 1.29 is 4.79 Å². The third-order valence-corrected chi connectivity index (χ3v) is 4.48. The summed E-state index contributed by atoms with van der Waals surface area (Å²) in [5.41, 5.74) is 2.91. The van der Waals surface area contributed by atoms with Crippen molar-refractivity contribution in [2.45, 2.75) is 27.2 Å². The second kappa shape index (κ2) is 5.64. The topological polar surface area (TPSA) is 36.1 Å². The molecule has 1 aromatic carbocycles. The number of fused-ring (bicyclic) bond motifs is 1. The van der Waals surface area contributed by atoms with Crippen LogP contribution in [-0.4, -0.2) is 35.3 Å². The van der Waals surface area contributed by atoms with E-state index < -0.39 is 0 Å². The number of rotatable bonds is 3. The molecule has 112 valence electrons. The molecule has 1 aliphatic heterocycles. The van der Waals surface area contributed by atoms with E-state index in [0.717, 1.165) is 35.2 Å². The molecule has 0 amide bonds. The van der Waals surface area contributed by atoms with E-state index in [1.165, 1.54) is 6.42 Å². The standard InChI is InChI=1S/C18H24N2O/c1-12-8-13(2)10-20(9-12)11-17(21)18-14(3)19-16-7-5-4-6-15(16)18/h4-7,12-13,19H,8-11H2,1-3H3/t12-,13+. The van der Waals surface area contributed by atoms with Crippen molar-refractivity contribution >= 4 is 16.7 Å². The van der Waals surface area contributed by atoms with E-state index >= 15 is 0 Å². The van der Waals surface area contributed by atoms with Crippen LogP contribution in [-0.2, 0) is 0 Å². The first-order valence-corrected chi connectivity index (χ1v) is 7.87. The molecule has 2 aromatic rings. The Kier molecular flexibility index (Phi) is 3.85. The van der Waals surface area contributed by atoms with E-state index in [4.69, 9.17) is 0 Å². The first-order chi connectivity index (χ1) is 10.0. The van der Waals surface area contributed by atoms with Gasteiger partial charge in [0.05, 0.1) is 6.54 Å². The highest BCUT2D eigenvalue weighted by atomic mass is 16.1. The van der Waals surface area contributed by atoms with E-state index in [1.54, 1.807) is 0 Å². The summed E-state index contributed by atoms with van der Waals surface area (Å²) < 4.78 is 0. The van der Waals surface area contributed by atoms with Crippen molar-refractivity contribution in [1.29, 1.82) is 0 Å². The lowest BCUT2D eigenvalue weighted by atomic mass is 9.91. The molecule has 3 nitrogen and oxygen atoms in total. The fraction of sp³-hybridized carbons (Fsp3) is 0.500. The average Bonchev–Trinajstić information content (AvgIpc) is 2.73. The maximum atomic E-state index is 12.8. The van der Waals surface area contributed by atoms with Gasteiger partial charge in [-0.25, -0.2) is 0 Å². The van der Waals surface area contributed by atoms with Crippen LogP contribution in [0.2, 0.25) is 0 Å². The summed E-state index contributed by atoms with van der Waals surface area (Å²) in [6, 6.07) is 8.07. The maximum Gasteiger partial charge on any atom is 0.179 e. The summed E-state index contributed by atoms with van der Waals surface area (Å²) in [6.07, 6.45) is 1.27. The first kappa shape index (κ1) is 14.3. The van der Waals surface area contributed by atoms with Crippen molar-refractivity contribution in [3.05, 3.63) is 35.5 Å². The Labute approximate surface area is 126 Å². The number of nitrogens with zero attached hydrogens (tertiary/aromatic N) is 1. The molecule has 2 heterocycles. The Hall–Kier alpha value is -1.61. The van der Waals surface area contributed by atoms with Crippen LogP contribution in [0.15, 0.2) is 24.3 Å². The van der Waals surface area contributed by atoms with Crippen LogP contribution in [0.4, 0.5) is 0 Å². The molecule has 21 heavy (non-hydrogen) atoms. The van der Waals surface area contributed by atoms with Gasteiger partial charge in [0.2, 0.25) is 0 Å². The summed E-state index contributed by atoms with van der Waals surface area (Å²) in [7, 11) is 0. The zero-order chi connectivity index (χ0) is 15.0. The Morgan fingerprint density at radius 1 is 1.24 bits per heavy atom. The Morgan fingerprint density at radius 3 is 2.62 bits per heavy atom. The van der Waals surface area contributed by atoms with Crippen molar-refractivity contribution in [2.24, 2.45) is 11.8 Å². The van der Waals surface area contributed by atoms with E-state index in [2.05, 4.69) is 23.7 Å². The number of piperidine rings is 1. The van der Waals surface area contributed by atoms with Gasteiger partial charge in [0, 0.05) is 35.2 Å². The van der Waals surface area contributed by atoms with Crippen LogP contribution in [0.3, 0.4) is 0 Å². The Morgan fingerprint density at radius 2 is 1.90 bits per heavy atom. The number of carbonyl (C=O) groups excluding carboxylic acids is 1. The first-order valence-electron chi connectivity index (χ1n) is 7.87. The lowest BCUT2D eigenvalue weighted by molar-refractivity contribution is 0.0850. The minimum atomic E-state index is 0.242. The van der Waals surface area contributed by atoms with Gasteiger partial charge in [-0.1, -0.05) is 32.0 Å². The highest BCUT2D eigenvalue weighted by Gasteiger charge is 2.25. The number of benzene rings is 1. The number of hydrogen-bond acceptors (Lipinski definition) is 2. The molecule has 1 N–H and O–H groups in total. The van der Waals surface area contributed by atoms with Crippen LogP contribution in [0.5, 0.6) is 0 Å². The molecule has 2 atom stereocenters. The largest absolute Gasteiger partial charge is 0.358 e. The quantitative estimate of drug-likeness (QED) is 0.874. The van der Waals surface area contributed by atoms with E-state index in [-0.39, 0.29) is 5.78 Å². The molecular weight excluding hydrogens is 260 g/mol. The lowest BCUT2D eigenvalue weighted by Crippen LogP contribution is -2.41. The Bertz CT molecular complexity index is 648. The molecule has 0 unspecified atom stereocenters. The van der Waals surface area contributed by atoms with Gasteiger partial charge in [-0.3, -0.25) is 9.69 Å². The third kappa shape index (κ3) is 2.88. The monoisotopic (exact) mass is 284 g/mol. The van der Waals surface area contributed by atoms with Crippen LogP contribution in [0, 0.1) is 18.8 Å². The van der Waals surface area contributed by atoms with Gasteiger partial charge >= 0.3 is 0 Å².